The number of hydrogen-bond donors (Lipinski definition) is 1. The third-order valence-electron chi connectivity index (χ3n) is 4.11. The fourth-order valence-electron chi connectivity index (χ4n) is 3.06. The van der Waals surface area contributed by atoms with E-state index in [-0.39, 0.29) is 6.04 Å². The monoisotopic (exact) mass is 301 g/mol. The molecule has 0 spiro atoms. The Hall–Kier alpha value is -1.51. The Morgan fingerprint density at radius 3 is 2.76 bits per heavy atom. The molecular formula is C18H20ClNO. The van der Waals surface area contributed by atoms with Gasteiger partial charge in [-0.2, -0.15) is 0 Å². The van der Waals surface area contributed by atoms with Crippen molar-refractivity contribution in [3.63, 3.8) is 0 Å². The van der Waals surface area contributed by atoms with Gasteiger partial charge >= 0.3 is 0 Å². The van der Waals surface area contributed by atoms with E-state index < -0.39 is 0 Å². The molecule has 3 heteroatoms. The van der Waals surface area contributed by atoms with Crippen molar-refractivity contribution in [2.24, 2.45) is 5.73 Å². The largest absolute Gasteiger partial charge is 0.493 e. The summed E-state index contributed by atoms with van der Waals surface area (Å²) in [4.78, 5) is 0. The van der Waals surface area contributed by atoms with E-state index in [4.69, 9.17) is 22.1 Å². The molecule has 2 aromatic rings. The molecule has 110 valence electrons. The first-order valence-corrected chi connectivity index (χ1v) is 7.82. The second-order valence-electron chi connectivity index (χ2n) is 5.66. The molecule has 0 bridgehead atoms. The van der Waals surface area contributed by atoms with Gasteiger partial charge in [0.1, 0.15) is 5.75 Å². The second kappa shape index (κ2) is 6.50. The molecule has 0 saturated heterocycles. The number of benzene rings is 2. The summed E-state index contributed by atoms with van der Waals surface area (Å²) in [5.74, 6) is 1.49. The lowest BCUT2D eigenvalue weighted by atomic mass is 9.86. The van der Waals surface area contributed by atoms with Crippen LogP contribution in [-0.2, 0) is 6.42 Å². The number of nitrogens with two attached hydrogens (primary N) is 1. The summed E-state index contributed by atoms with van der Waals surface area (Å²) < 4.78 is 5.71. The molecule has 0 saturated carbocycles. The normalized spacial score (nSPS) is 18.7. The average Bonchev–Trinajstić information content (AvgIpc) is 2.50. The molecule has 2 atom stereocenters. The Bertz CT molecular complexity index is 614. The van der Waals surface area contributed by atoms with Crippen LogP contribution in [0.25, 0.3) is 0 Å². The number of ether oxygens (including phenoxy) is 1. The first kappa shape index (κ1) is 14.4. The van der Waals surface area contributed by atoms with Crippen molar-refractivity contribution in [3.8, 4) is 5.75 Å². The molecule has 0 aliphatic carbocycles. The summed E-state index contributed by atoms with van der Waals surface area (Å²) in [5, 5.41) is 0.806. The SMILES string of the molecule is NC(Cc1ccccc1Cl)CC1CCOc2ccccc21. The van der Waals surface area contributed by atoms with E-state index in [1.165, 1.54) is 5.56 Å². The van der Waals surface area contributed by atoms with E-state index in [9.17, 15) is 0 Å². The van der Waals surface area contributed by atoms with Crippen LogP contribution in [0, 0.1) is 0 Å². The van der Waals surface area contributed by atoms with Crippen LogP contribution in [0.3, 0.4) is 0 Å². The molecule has 2 N–H and O–H groups in total. The van der Waals surface area contributed by atoms with Crippen molar-refractivity contribution in [3.05, 3.63) is 64.7 Å². The fourth-order valence-corrected chi connectivity index (χ4v) is 3.27. The standard InChI is InChI=1S/C18H20ClNO/c19-17-7-3-1-5-14(17)12-15(20)11-13-9-10-21-18-8-4-2-6-16(13)18/h1-8,13,15H,9-12,20H2. The maximum absolute atomic E-state index is 6.36. The Morgan fingerprint density at radius 1 is 1.14 bits per heavy atom. The molecule has 0 radical (unpaired) electrons. The van der Waals surface area contributed by atoms with Gasteiger partial charge in [0.25, 0.3) is 0 Å². The van der Waals surface area contributed by atoms with E-state index in [1.54, 1.807) is 0 Å². The first-order chi connectivity index (χ1) is 10.2. The minimum atomic E-state index is 0.112. The summed E-state index contributed by atoms with van der Waals surface area (Å²) in [5.41, 5.74) is 8.78. The molecular weight excluding hydrogens is 282 g/mol. The van der Waals surface area contributed by atoms with E-state index in [2.05, 4.69) is 18.2 Å². The molecule has 2 nitrogen and oxygen atoms in total. The molecule has 0 fully saturated rings. The van der Waals surface area contributed by atoms with Gasteiger partial charge in [0.05, 0.1) is 6.61 Å². The molecule has 0 aromatic heterocycles. The van der Waals surface area contributed by atoms with Crippen molar-refractivity contribution in [1.82, 2.24) is 0 Å². The highest BCUT2D eigenvalue weighted by Gasteiger charge is 2.23. The maximum atomic E-state index is 6.36. The first-order valence-electron chi connectivity index (χ1n) is 7.45. The summed E-state index contributed by atoms with van der Waals surface area (Å²) in [6.45, 7) is 0.778. The van der Waals surface area contributed by atoms with Gasteiger partial charge in [0.15, 0.2) is 0 Å². The molecule has 3 rings (SSSR count). The third-order valence-corrected chi connectivity index (χ3v) is 4.48. The number of halogens is 1. The maximum Gasteiger partial charge on any atom is 0.122 e. The van der Waals surface area contributed by atoms with Gasteiger partial charge < -0.3 is 10.5 Å². The van der Waals surface area contributed by atoms with E-state index in [0.717, 1.165) is 42.2 Å². The van der Waals surface area contributed by atoms with Crippen LogP contribution < -0.4 is 10.5 Å². The molecule has 1 heterocycles. The van der Waals surface area contributed by atoms with Gasteiger partial charge in [0.2, 0.25) is 0 Å². The highest BCUT2D eigenvalue weighted by Crippen LogP contribution is 2.36. The van der Waals surface area contributed by atoms with Gasteiger partial charge in [-0.3, -0.25) is 0 Å². The zero-order valence-corrected chi connectivity index (χ0v) is 12.7. The van der Waals surface area contributed by atoms with Crippen molar-refractivity contribution in [2.45, 2.75) is 31.2 Å². The predicted molar refractivity (Wildman–Crippen MR) is 87.0 cm³/mol. The predicted octanol–water partition coefficient (Wildman–Crippen LogP) is 4.17. The van der Waals surface area contributed by atoms with Crippen LogP contribution in [0.15, 0.2) is 48.5 Å². The smallest absolute Gasteiger partial charge is 0.122 e. The highest BCUT2D eigenvalue weighted by atomic mass is 35.5. The summed E-state index contributed by atoms with van der Waals surface area (Å²) >= 11 is 6.22. The summed E-state index contributed by atoms with van der Waals surface area (Å²) in [6.07, 6.45) is 2.82. The minimum Gasteiger partial charge on any atom is -0.493 e. The lowest BCUT2D eigenvalue weighted by molar-refractivity contribution is 0.259. The minimum absolute atomic E-state index is 0.112. The Balaban J connectivity index is 1.69. The zero-order chi connectivity index (χ0) is 14.7. The van der Waals surface area contributed by atoms with Crippen LogP contribution in [0.5, 0.6) is 5.75 Å². The van der Waals surface area contributed by atoms with Crippen LogP contribution in [0.1, 0.15) is 29.9 Å². The number of rotatable bonds is 4. The lowest BCUT2D eigenvalue weighted by Gasteiger charge is -2.28. The Labute approximate surface area is 130 Å². The fraction of sp³-hybridized carbons (Fsp3) is 0.333. The summed E-state index contributed by atoms with van der Waals surface area (Å²) in [6, 6.07) is 16.3. The molecule has 2 unspecified atom stereocenters. The Morgan fingerprint density at radius 2 is 1.90 bits per heavy atom. The van der Waals surface area contributed by atoms with Crippen LogP contribution in [-0.4, -0.2) is 12.6 Å². The number of hydrogen-bond acceptors (Lipinski definition) is 2. The quantitative estimate of drug-likeness (QED) is 0.920. The van der Waals surface area contributed by atoms with Crippen LogP contribution >= 0.6 is 11.6 Å². The Kier molecular flexibility index (Phi) is 4.47. The molecule has 21 heavy (non-hydrogen) atoms. The highest BCUT2D eigenvalue weighted by molar-refractivity contribution is 6.31. The lowest BCUT2D eigenvalue weighted by Crippen LogP contribution is -2.27. The van der Waals surface area contributed by atoms with Gasteiger partial charge in [0, 0.05) is 11.1 Å². The average molecular weight is 302 g/mol. The molecule has 1 aliphatic rings. The van der Waals surface area contributed by atoms with Crippen molar-refractivity contribution in [2.75, 3.05) is 6.61 Å². The second-order valence-corrected chi connectivity index (χ2v) is 6.07. The molecule has 0 amide bonds. The van der Waals surface area contributed by atoms with Crippen molar-refractivity contribution < 1.29 is 4.74 Å². The molecule has 1 aliphatic heterocycles. The van der Waals surface area contributed by atoms with Crippen LogP contribution in [0.4, 0.5) is 0 Å². The van der Waals surface area contributed by atoms with Gasteiger partial charge in [-0.25, -0.2) is 0 Å². The zero-order valence-electron chi connectivity index (χ0n) is 12.0. The van der Waals surface area contributed by atoms with Crippen LogP contribution in [0.2, 0.25) is 5.02 Å². The van der Waals surface area contributed by atoms with E-state index >= 15 is 0 Å². The number of fused-ring (bicyclic) bond motifs is 1. The molecule has 2 aromatic carbocycles. The van der Waals surface area contributed by atoms with E-state index in [1.807, 2.05) is 30.3 Å². The van der Waals surface area contributed by atoms with Crippen molar-refractivity contribution in [1.29, 1.82) is 0 Å². The van der Waals surface area contributed by atoms with Crippen molar-refractivity contribution >= 4 is 11.6 Å². The van der Waals surface area contributed by atoms with Gasteiger partial charge in [-0.15, -0.1) is 0 Å². The van der Waals surface area contributed by atoms with Gasteiger partial charge in [-0.1, -0.05) is 48.0 Å². The summed E-state index contributed by atoms with van der Waals surface area (Å²) in [7, 11) is 0. The topological polar surface area (TPSA) is 35.2 Å². The third kappa shape index (κ3) is 3.39. The van der Waals surface area contributed by atoms with Gasteiger partial charge in [-0.05, 0) is 48.4 Å². The van der Waals surface area contributed by atoms with E-state index in [0.29, 0.717) is 5.92 Å². The number of para-hydroxylation sites is 1.